The number of nitrogens with two attached hydrogens (primary N) is 1. The summed E-state index contributed by atoms with van der Waals surface area (Å²) >= 11 is 0. The van der Waals surface area contributed by atoms with Crippen molar-refractivity contribution in [3.05, 3.63) is 30.1 Å². The summed E-state index contributed by atoms with van der Waals surface area (Å²) in [4.78, 5) is 16.2. The molecule has 1 aliphatic heterocycles. The molecular weight excluding hydrogens is 271 g/mol. The topological polar surface area (TPSA) is 61.6 Å². The Labute approximate surface area is 124 Å². The summed E-state index contributed by atoms with van der Waals surface area (Å²) in [5.41, 5.74) is 3.28. The number of hydrazine groups is 1. The van der Waals surface area contributed by atoms with Gasteiger partial charge in [-0.15, -0.1) is 0 Å². The predicted octanol–water partition coefficient (Wildman–Crippen LogP) is 1.11. The molecule has 0 aliphatic carbocycles. The zero-order chi connectivity index (χ0) is 15.2. The number of anilines is 1. The zero-order valence-corrected chi connectivity index (χ0v) is 12.4. The van der Waals surface area contributed by atoms with Crippen molar-refractivity contribution in [2.45, 2.75) is 25.8 Å². The summed E-state index contributed by atoms with van der Waals surface area (Å²) < 4.78 is 13.0. The summed E-state index contributed by atoms with van der Waals surface area (Å²) in [6.07, 6.45) is 1.75. The lowest BCUT2D eigenvalue weighted by Gasteiger charge is -2.39. The molecule has 1 atom stereocenters. The molecule has 5 nitrogen and oxygen atoms in total. The maximum atomic E-state index is 13.0. The second-order valence-corrected chi connectivity index (χ2v) is 5.31. The van der Waals surface area contributed by atoms with Gasteiger partial charge in [0.05, 0.1) is 6.04 Å². The summed E-state index contributed by atoms with van der Waals surface area (Å²) in [7, 11) is 0. The van der Waals surface area contributed by atoms with E-state index in [-0.39, 0.29) is 17.8 Å². The van der Waals surface area contributed by atoms with Crippen LogP contribution in [0.1, 0.15) is 19.8 Å². The molecule has 1 aliphatic rings. The fourth-order valence-electron chi connectivity index (χ4n) is 2.79. The van der Waals surface area contributed by atoms with Crippen molar-refractivity contribution in [3.63, 3.8) is 0 Å². The predicted molar refractivity (Wildman–Crippen MR) is 81.2 cm³/mol. The number of nitrogens with zero attached hydrogens (tertiary/aromatic N) is 2. The Morgan fingerprint density at radius 3 is 2.43 bits per heavy atom. The molecule has 1 saturated heterocycles. The van der Waals surface area contributed by atoms with Gasteiger partial charge in [-0.1, -0.05) is 13.3 Å². The molecule has 1 fully saturated rings. The Kier molecular flexibility index (Phi) is 5.52. The number of rotatable bonds is 5. The molecule has 6 heteroatoms. The van der Waals surface area contributed by atoms with Gasteiger partial charge in [0.25, 0.3) is 5.91 Å². The standard InChI is InChI=1S/C15H23FN4O/c1-2-3-14(15(21)18-17)20-10-8-19(9-11-20)13-6-4-12(16)5-7-13/h4-7,14H,2-3,8-11,17H2,1H3,(H,18,21). The van der Waals surface area contributed by atoms with Crippen LogP contribution in [0.2, 0.25) is 0 Å². The Morgan fingerprint density at radius 1 is 1.29 bits per heavy atom. The summed E-state index contributed by atoms with van der Waals surface area (Å²) in [5.74, 6) is 4.93. The van der Waals surface area contributed by atoms with Gasteiger partial charge in [-0.2, -0.15) is 0 Å². The van der Waals surface area contributed by atoms with E-state index < -0.39 is 0 Å². The van der Waals surface area contributed by atoms with Crippen LogP contribution in [0, 0.1) is 5.82 Å². The van der Waals surface area contributed by atoms with Crippen molar-refractivity contribution in [2.24, 2.45) is 5.84 Å². The molecule has 0 bridgehead atoms. The maximum absolute atomic E-state index is 13.0. The monoisotopic (exact) mass is 294 g/mol. The number of hydrogen-bond donors (Lipinski definition) is 2. The van der Waals surface area contributed by atoms with E-state index in [9.17, 15) is 9.18 Å². The van der Waals surface area contributed by atoms with Crippen LogP contribution in [0.3, 0.4) is 0 Å². The molecular formula is C15H23FN4O. The van der Waals surface area contributed by atoms with Gasteiger partial charge in [-0.3, -0.25) is 15.1 Å². The lowest BCUT2D eigenvalue weighted by Crippen LogP contribution is -2.56. The second-order valence-electron chi connectivity index (χ2n) is 5.31. The minimum atomic E-state index is -0.222. The molecule has 0 spiro atoms. The van der Waals surface area contributed by atoms with Crippen molar-refractivity contribution in [1.29, 1.82) is 0 Å². The average molecular weight is 294 g/mol. The first kappa shape index (κ1) is 15.7. The van der Waals surface area contributed by atoms with Crippen LogP contribution in [0.15, 0.2) is 24.3 Å². The quantitative estimate of drug-likeness (QED) is 0.485. The first-order chi connectivity index (χ1) is 10.2. The summed E-state index contributed by atoms with van der Waals surface area (Å²) in [6.45, 7) is 5.31. The van der Waals surface area contributed by atoms with Gasteiger partial charge in [0.2, 0.25) is 0 Å². The van der Waals surface area contributed by atoms with Crippen molar-refractivity contribution in [3.8, 4) is 0 Å². The van der Waals surface area contributed by atoms with Crippen molar-refractivity contribution < 1.29 is 9.18 Å². The second kappa shape index (κ2) is 7.38. The zero-order valence-electron chi connectivity index (χ0n) is 12.4. The minimum Gasteiger partial charge on any atom is -0.369 e. The third-order valence-corrected chi connectivity index (χ3v) is 3.95. The number of carbonyl (C=O) groups excluding carboxylic acids is 1. The summed E-state index contributed by atoms with van der Waals surface area (Å²) in [5, 5.41) is 0. The number of hydrogen-bond acceptors (Lipinski definition) is 4. The minimum absolute atomic E-state index is 0.118. The first-order valence-corrected chi connectivity index (χ1v) is 7.40. The van der Waals surface area contributed by atoms with E-state index >= 15 is 0 Å². The van der Waals surface area contributed by atoms with Crippen LogP contribution in [0.4, 0.5) is 10.1 Å². The van der Waals surface area contributed by atoms with Gasteiger partial charge >= 0.3 is 0 Å². The molecule has 0 saturated carbocycles. The van der Waals surface area contributed by atoms with Gasteiger partial charge in [0.15, 0.2) is 0 Å². The maximum Gasteiger partial charge on any atom is 0.251 e. The number of nitrogens with one attached hydrogen (secondary N) is 1. The Bertz CT molecular complexity index is 457. The highest BCUT2D eigenvalue weighted by molar-refractivity contribution is 5.81. The van der Waals surface area contributed by atoms with Crippen LogP contribution in [-0.4, -0.2) is 43.0 Å². The van der Waals surface area contributed by atoms with Crippen LogP contribution < -0.4 is 16.2 Å². The van der Waals surface area contributed by atoms with Gasteiger partial charge < -0.3 is 4.90 Å². The van der Waals surface area contributed by atoms with E-state index in [1.54, 1.807) is 12.1 Å². The van der Waals surface area contributed by atoms with Gasteiger partial charge in [-0.25, -0.2) is 10.2 Å². The lowest BCUT2D eigenvalue weighted by atomic mass is 10.1. The van der Waals surface area contributed by atoms with Crippen molar-refractivity contribution in [1.82, 2.24) is 10.3 Å². The largest absolute Gasteiger partial charge is 0.369 e. The van der Waals surface area contributed by atoms with Crippen LogP contribution in [0.25, 0.3) is 0 Å². The van der Waals surface area contributed by atoms with E-state index in [0.29, 0.717) is 0 Å². The first-order valence-electron chi connectivity index (χ1n) is 7.40. The van der Waals surface area contributed by atoms with E-state index in [1.165, 1.54) is 12.1 Å². The van der Waals surface area contributed by atoms with Gasteiger partial charge in [0, 0.05) is 31.9 Å². The highest BCUT2D eigenvalue weighted by Crippen LogP contribution is 2.18. The number of carbonyl (C=O) groups is 1. The molecule has 0 radical (unpaired) electrons. The Balaban J connectivity index is 1.95. The number of piperazine rings is 1. The molecule has 0 aromatic heterocycles. The number of amides is 1. The number of halogens is 1. The van der Waals surface area contributed by atoms with E-state index in [1.807, 2.05) is 0 Å². The lowest BCUT2D eigenvalue weighted by molar-refractivity contribution is -0.127. The fourth-order valence-corrected chi connectivity index (χ4v) is 2.79. The molecule has 1 unspecified atom stereocenters. The van der Waals surface area contributed by atoms with Crippen LogP contribution in [0.5, 0.6) is 0 Å². The van der Waals surface area contributed by atoms with Crippen molar-refractivity contribution in [2.75, 3.05) is 31.1 Å². The number of benzene rings is 1. The van der Waals surface area contributed by atoms with Crippen LogP contribution in [-0.2, 0) is 4.79 Å². The molecule has 21 heavy (non-hydrogen) atoms. The highest BCUT2D eigenvalue weighted by Gasteiger charge is 2.27. The molecule has 2 rings (SSSR count). The molecule has 1 amide bonds. The smallest absolute Gasteiger partial charge is 0.251 e. The molecule has 1 heterocycles. The van der Waals surface area contributed by atoms with Gasteiger partial charge in [0.1, 0.15) is 5.82 Å². The van der Waals surface area contributed by atoms with Gasteiger partial charge in [-0.05, 0) is 30.7 Å². The third kappa shape index (κ3) is 3.92. The molecule has 3 N–H and O–H groups in total. The third-order valence-electron chi connectivity index (χ3n) is 3.95. The summed E-state index contributed by atoms with van der Waals surface area (Å²) in [6, 6.07) is 6.38. The Morgan fingerprint density at radius 2 is 1.90 bits per heavy atom. The van der Waals surface area contributed by atoms with E-state index in [2.05, 4.69) is 22.1 Å². The van der Waals surface area contributed by atoms with E-state index in [4.69, 9.17) is 5.84 Å². The SMILES string of the molecule is CCCC(C(=O)NN)N1CCN(c2ccc(F)cc2)CC1. The van der Waals surface area contributed by atoms with Crippen LogP contribution >= 0.6 is 0 Å². The Hall–Kier alpha value is -1.66. The van der Waals surface area contributed by atoms with E-state index in [0.717, 1.165) is 44.7 Å². The molecule has 1 aromatic carbocycles. The molecule has 1 aromatic rings. The average Bonchev–Trinajstić information content (AvgIpc) is 2.53. The molecule has 116 valence electrons. The highest BCUT2D eigenvalue weighted by atomic mass is 19.1. The fraction of sp³-hybridized carbons (Fsp3) is 0.533. The normalized spacial score (nSPS) is 17.6. The van der Waals surface area contributed by atoms with Crippen molar-refractivity contribution >= 4 is 11.6 Å².